The van der Waals surface area contributed by atoms with Crippen LogP contribution in [0, 0.1) is 0 Å². The lowest BCUT2D eigenvalue weighted by Gasteiger charge is -2.33. The smallest absolute Gasteiger partial charge is 0.343 e. The van der Waals surface area contributed by atoms with Gasteiger partial charge in [0.15, 0.2) is 0 Å². The van der Waals surface area contributed by atoms with Crippen LogP contribution in [-0.2, 0) is 33.3 Å². The molecule has 30 heavy (non-hydrogen) atoms. The number of carbonyl (C=O) groups excluding carboxylic acids is 3. The highest BCUT2D eigenvalue weighted by molar-refractivity contribution is 5.96. The van der Waals surface area contributed by atoms with Crippen molar-refractivity contribution >= 4 is 17.9 Å². The molecule has 1 saturated heterocycles. The van der Waals surface area contributed by atoms with Crippen molar-refractivity contribution in [2.24, 2.45) is 0 Å². The third kappa shape index (κ3) is 4.34. The van der Waals surface area contributed by atoms with Crippen molar-refractivity contribution in [1.29, 1.82) is 0 Å². The van der Waals surface area contributed by atoms with Gasteiger partial charge < -0.3 is 24.1 Å². The predicted octanol–water partition coefficient (Wildman–Crippen LogP) is 2.26. The molecule has 0 amide bonds. The van der Waals surface area contributed by atoms with Crippen LogP contribution in [0.4, 0.5) is 0 Å². The molecule has 4 atom stereocenters. The number of fused-ring (bicyclic) bond motifs is 3. The van der Waals surface area contributed by atoms with Gasteiger partial charge in [-0.05, 0) is 46.6 Å². The molecule has 0 radical (unpaired) electrons. The van der Waals surface area contributed by atoms with Crippen LogP contribution in [0.1, 0.15) is 53.9 Å². The van der Waals surface area contributed by atoms with Gasteiger partial charge in [-0.25, -0.2) is 9.59 Å². The van der Waals surface area contributed by atoms with Crippen molar-refractivity contribution < 1.29 is 38.4 Å². The number of rotatable bonds is 4. The van der Waals surface area contributed by atoms with E-state index in [1.54, 1.807) is 32.9 Å². The summed E-state index contributed by atoms with van der Waals surface area (Å²) in [7, 11) is 0. The summed E-state index contributed by atoms with van der Waals surface area (Å²) < 4.78 is 22.3. The van der Waals surface area contributed by atoms with E-state index >= 15 is 0 Å². The average molecular weight is 420 g/mol. The first-order valence-electron chi connectivity index (χ1n) is 10.0. The number of allylic oxidation sites excluding steroid dienone is 1. The third-order valence-corrected chi connectivity index (χ3v) is 5.83. The van der Waals surface area contributed by atoms with Crippen LogP contribution in [0.5, 0.6) is 0 Å². The lowest BCUT2D eigenvalue weighted by Crippen LogP contribution is -2.44. The zero-order valence-corrected chi connectivity index (χ0v) is 17.9. The van der Waals surface area contributed by atoms with E-state index in [0.29, 0.717) is 24.0 Å². The molecular weight excluding hydrogens is 392 g/mol. The van der Waals surface area contributed by atoms with Gasteiger partial charge in [0, 0.05) is 24.5 Å². The second-order valence-electron chi connectivity index (χ2n) is 8.46. The number of aliphatic hydroxyl groups is 1. The fourth-order valence-corrected chi connectivity index (χ4v) is 3.98. The van der Waals surface area contributed by atoms with Gasteiger partial charge in [0.05, 0.1) is 22.9 Å². The van der Waals surface area contributed by atoms with Gasteiger partial charge in [0.25, 0.3) is 0 Å². The minimum Gasteiger partial charge on any atom is -0.461 e. The molecule has 3 aliphatic rings. The summed E-state index contributed by atoms with van der Waals surface area (Å²) in [6, 6.07) is 0. The van der Waals surface area contributed by atoms with E-state index in [1.165, 1.54) is 6.92 Å². The Kier molecular flexibility index (Phi) is 5.93. The Bertz CT molecular complexity index is 862. The van der Waals surface area contributed by atoms with Gasteiger partial charge in [-0.2, -0.15) is 0 Å². The van der Waals surface area contributed by atoms with Crippen molar-refractivity contribution in [3.8, 4) is 0 Å². The molecule has 0 aromatic carbocycles. The molecule has 1 fully saturated rings. The fraction of sp³-hybridized carbons (Fsp3) is 0.591. The van der Waals surface area contributed by atoms with Crippen molar-refractivity contribution in [3.63, 3.8) is 0 Å². The molecule has 3 heterocycles. The number of hydrogen-bond acceptors (Lipinski definition) is 8. The second kappa shape index (κ2) is 8.00. The maximum atomic E-state index is 12.6. The number of esters is 3. The van der Waals surface area contributed by atoms with Gasteiger partial charge in [0.2, 0.25) is 0 Å². The highest BCUT2D eigenvalue weighted by Gasteiger charge is 2.50. The van der Waals surface area contributed by atoms with Gasteiger partial charge in [-0.1, -0.05) is 6.08 Å². The van der Waals surface area contributed by atoms with Crippen molar-refractivity contribution in [1.82, 2.24) is 0 Å². The van der Waals surface area contributed by atoms with E-state index in [4.69, 9.17) is 18.9 Å². The Hall–Kier alpha value is -2.45. The zero-order chi connectivity index (χ0) is 22.3. The molecule has 8 nitrogen and oxygen atoms in total. The predicted molar refractivity (Wildman–Crippen MR) is 105 cm³/mol. The Labute approximate surface area is 175 Å². The Balaban J connectivity index is 2.13. The summed E-state index contributed by atoms with van der Waals surface area (Å²) in [5, 5.41) is 11.2. The first-order valence-corrected chi connectivity index (χ1v) is 10.0. The van der Waals surface area contributed by atoms with Gasteiger partial charge in [-0.3, -0.25) is 4.79 Å². The number of ether oxygens (including phenoxy) is 4. The molecule has 4 unspecified atom stereocenters. The zero-order valence-electron chi connectivity index (χ0n) is 17.9. The highest BCUT2D eigenvalue weighted by Crippen LogP contribution is 2.45. The lowest BCUT2D eigenvalue weighted by molar-refractivity contribution is -0.151. The number of hydrogen-bond donors (Lipinski definition) is 1. The van der Waals surface area contributed by atoms with E-state index in [2.05, 4.69) is 0 Å². The SMILES string of the molecule is CC=C(C)C(=O)OC1CC(C)(O)C2CCC(C)(C=C3OC(=O)C(COC(C)=O)=C31)O2. The second-order valence-corrected chi connectivity index (χ2v) is 8.46. The number of carbonyl (C=O) groups is 3. The van der Waals surface area contributed by atoms with Crippen LogP contribution >= 0.6 is 0 Å². The minimum atomic E-state index is -1.33. The monoisotopic (exact) mass is 420 g/mol. The molecule has 0 aromatic rings. The maximum absolute atomic E-state index is 12.6. The Morgan fingerprint density at radius 3 is 2.67 bits per heavy atom. The molecule has 3 rings (SSSR count). The van der Waals surface area contributed by atoms with Crippen LogP contribution in [-0.4, -0.2) is 53.0 Å². The summed E-state index contributed by atoms with van der Waals surface area (Å²) in [6.07, 6.45) is 3.06. The van der Waals surface area contributed by atoms with Gasteiger partial charge >= 0.3 is 17.9 Å². The lowest BCUT2D eigenvalue weighted by atomic mass is 9.84. The molecular formula is C22H28O8. The van der Waals surface area contributed by atoms with Gasteiger partial charge in [-0.15, -0.1) is 0 Å². The Morgan fingerprint density at radius 1 is 1.33 bits per heavy atom. The quantitative estimate of drug-likeness (QED) is 0.419. The highest BCUT2D eigenvalue weighted by atomic mass is 16.6. The molecule has 8 heteroatoms. The maximum Gasteiger partial charge on any atom is 0.343 e. The van der Waals surface area contributed by atoms with Crippen LogP contribution in [0.2, 0.25) is 0 Å². The molecule has 2 bridgehead atoms. The van der Waals surface area contributed by atoms with Crippen molar-refractivity contribution in [3.05, 3.63) is 34.6 Å². The van der Waals surface area contributed by atoms with Gasteiger partial charge in [0.1, 0.15) is 18.5 Å². The van der Waals surface area contributed by atoms with Crippen molar-refractivity contribution in [2.45, 2.75) is 77.3 Å². The minimum absolute atomic E-state index is 0.0105. The summed E-state index contributed by atoms with van der Waals surface area (Å²) in [5.74, 6) is -1.61. The summed E-state index contributed by atoms with van der Waals surface area (Å²) in [5.41, 5.74) is -1.32. The summed E-state index contributed by atoms with van der Waals surface area (Å²) in [4.78, 5) is 36.5. The van der Waals surface area contributed by atoms with Crippen LogP contribution in [0.15, 0.2) is 34.6 Å². The van der Waals surface area contributed by atoms with E-state index < -0.39 is 41.3 Å². The molecule has 0 spiro atoms. The van der Waals surface area contributed by atoms with Crippen molar-refractivity contribution in [2.75, 3.05) is 6.61 Å². The third-order valence-electron chi connectivity index (χ3n) is 5.83. The van der Waals surface area contributed by atoms with E-state index in [9.17, 15) is 19.5 Å². The van der Waals surface area contributed by atoms with E-state index in [0.717, 1.165) is 0 Å². The first-order chi connectivity index (χ1) is 14.0. The molecule has 0 aromatic heterocycles. The molecule has 0 saturated carbocycles. The van der Waals surface area contributed by atoms with Crippen LogP contribution in [0.25, 0.3) is 0 Å². The van der Waals surface area contributed by atoms with E-state index in [1.807, 2.05) is 6.92 Å². The molecule has 1 N–H and O–H groups in total. The first kappa shape index (κ1) is 22.2. The summed E-state index contributed by atoms with van der Waals surface area (Å²) >= 11 is 0. The molecule has 164 valence electrons. The normalized spacial score (nSPS) is 33.7. The standard InChI is InChI=1S/C22H28O8/c1-6-12(2)19(24)28-16-10-22(5,26)17-7-8-21(4,30-17)9-15-18(16)14(20(25)29-15)11-27-13(3)23/h6,9,16-17,26H,7-8,10-11H2,1-5H3. The average Bonchev–Trinajstić information content (AvgIpc) is 3.18. The molecule has 0 aliphatic carbocycles. The fourth-order valence-electron chi connectivity index (χ4n) is 3.98. The topological polar surface area (TPSA) is 108 Å². The van der Waals surface area contributed by atoms with Crippen LogP contribution < -0.4 is 0 Å². The summed E-state index contributed by atoms with van der Waals surface area (Å²) in [6.45, 7) is 7.71. The Morgan fingerprint density at radius 2 is 2.03 bits per heavy atom. The van der Waals surface area contributed by atoms with E-state index in [-0.39, 0.29) is 24.4 Å². The molecule has 3 aliphatic heterocycles. The largest absolute Gasteiger partial charge is 0.461 e. The van der Waals surface area contributed by atoms with Crippen LogP contribution in [0.3, 0.4) is 0 Å².